The number of hydrogen-bond acceptors (Lipinski definition) is 3. The molecule has 0 saturated heterocycles. The fraction of sp³-hybridized carbons (Fsp3) is 0.176. The molecule has 5 nitrogen and oxygen atoms in total. The smallest absolute Gasteiger partial charge is 0.243 e. The molecule has 3 N–H and O–H groups in total. The van der Waals surface area contributed by atoms with Crippen LogP contribution in [0.3, 0.4) is 0 Å². The molecular formula is C17H17BrFN3O2. The first kappa shape index (κ1) is 17.9. The predicted molar refractivity (Wildman–Crippen MR) is 96.7 cm³/mol. The summed E-state index contributed by atoms with van der Waals surface area (Å²) in [5, 5.41) is 8.02. The minimum Gasteiger partial charge on any atom is -0.374 e. The monoisotopic (exact) mass is 393 g/mol. The molecule has 0 atom stereocenters. The molecule has 2 aromatic rings. The number of aryl methyl sites for hydroxylation is 1. The number of anilines is 3. The topological polar surface area (TPSA) is 70.2 Å². The summed E-state index contributed by atoms with van der Waals surface area (Å²) in [5.41, 5.74) is 2.29. The van der Waals surface area contributed by atoms with E-state index in [-0.39, 0.29) is 24.0 Å². The molecule has 2 rings (SSSR count). The van der Waals surface area contributed by atoms with Crippen molar-refractivity contribution < 1.29 is 14.0 Å². The quantitative estimate of drug-likeness (QED) is 0.721. The second kappa shape index (κ2) is 7.92. The molecule has 0 aliphatic heterocycles. The number of amides is 2. The first-order valence-corrected chi connectivity index (χ1v) is 8.01. The summed E-state index contributed by atoms with van der Waals surface area (Å²) < 4.78 is 14.6. The lowest BCUT2D eigenvalue weighted by atomic mass is 10.2. The highest BCUT2D eigenvalue weighted by atomic mass is 79.9. The Kier molecular flexibility index (Phi) is 5.92. The van der Waals surface area contributed by atoms with Crippen LogP contribution in [0.1, 0.15) is 12.5 Å². The van der Waals surface area contributed by atoms with E-state index in [9.17, 15) is 14.0 Å². The predicted octanol–water partition coefficient (Wildman–Crippen LogP) is 3.91. The van der Waals surface area contributed by atoms with Crippen molar-refractivity contribution in [3.63, 3.8) is 0 Å². The average Bonchev–Trinajstić information content (AvgIpc) is 2.50. The third-order valence-corrected chi connectivity index (χ3v) is 3.78. The molecule has 0 aliphatic rings. The van der Waals surface area contributed by atoms with E-state index >= 15 is 0 Å². The van der Waals surface area contributed by atoms with Gasteiger partial charge in [0, 0.05) is 17.1 Å². The second-order valence-corrected chi connectivity index (χ2v) is 6.12. The van der Waals surface area contributed by atoms with Gasteiger partial charge in [0.15, 0.2) is 0 Å². The van der Waals surface area contributed by atoms with Gasteiger partial charge in [-0.2, -0.15) is 0 Å². The van der Waals surface area contributed by atoms with Gasteiger partial charge in [-0.3, -0.25) is 9.59 Å². The van der Waals surface area contributed by atoms with Crippen molar-refractivity contribution in [2.45, 2.75) is 13.8 Å². The maximum atomic E-state index is 13.8. The Morgan fingerprint density at radius 2 is 1.83 bits per heavy atom. The van der Waals surface area contributed by atoms with Crippen molar-refractivity contribution in [1.82, 2.24) is 0 Å². The lowest BCUT2D eigenvalue weighted by Gasteiger charge is -2.11. The van der Waals surface area contributed by atoms with Gasteiger partial charge in [0.2, 0.25) is 11.8 Å². The van der Waals surface area contributed by atoms with Crippen LogP contribution in [0.5, 0.6) is 0 Å². The first-order chi connectivity index (χ1) is 11.3. The van der Waals surface area contributed by atoms with Crippen molar-refractivity contribution in [3.8, 4) is 0 Å². The van der Waals surface area contributed by atoms with E-state index in [2.05, 4.69) is 31.9 Å². The lowest BCUT2D eigenvalue weighted by molar-refractivity contribution is -0.115. The molecule has 0 saturated carbocycles. The molecule has 0 aliphatic carbocycles. The van der Waals surface area contributed by atoms with Crippen molar-refractivity contribution in [1.29, 1.82) is 0 Å². The molecule has 24 heavy (non-hydrogen) atoms. The minimum absolute atomic E-state index is 0.110. The number of benzene rings is 2. The maximum absolute atomic E-state index is 13.8. The Morgan fingerprint density at radius 3 is 2.50 bits per heavy atom. The Labute approximate surface area is 147 Å². The highest BCUT2D eigenvalue weighted by molar-refractivity contribution is 9.10. The summed E-state index contributed by atoms with van der Waals surface area (Å²) in [6, 6.07) is 9.67. The molecule has 126 valence electrons. The van der Waals surface area contributed by atoms with E-state index in [1.165, 1.54) is 25.1 Å². The van der Waals surface area contributed by atoms with Crippen molar-refractivity contribution in [2.75, 3.05) is 22.5 Å². The Morgan fingerprint density at radius 1 is 1.08 bits per heavy atom. The fourth-order valence-electron chi connectivity index (χ4n) is 2.03. The van der Waals surface area contributed by atoms with Gasteiger partial charge in [-0.25, -0.2) is 4.39 Å². The highest BCUT2D eigenvalue weighted by Gasteiger charge is 2.09. The number of rotatable bonds is 5. The Bertz CT molecular complexity index is 780. The summed E-state index contributed by atoms with van der Waals surface area (Å²) in [6.45, 7) is 3.20. The van der Waals surface area contributed by atoms with Gasteiger partial charge in [0.1, 0.15) is 5.82 Å². The number of halogens is 2. The van der Waals surface area contributed by atoms with Crippen LogP contribution in [0, 0.1) is 12.7 Å². The van der Waals surface area contributed by atoms with Crippen molar-refractivity contribution in [3.05, 3.63) is 52.3 Å². The number of hydrogen-bond donors (Lipinski definition) is 3. The minimum atomic E-state index is -0.506. The SMILES string of the molecule is CC(=O)Nc1ccc(F)c(NCC(=O)Nc2ccc(C)cc2Br)c1. The molecule has 0 heterocycles. The molecule has 0 fully saturated rings. The standard InChI is InChI=1S/C17H17BrFN3O2/c1-10-3-6-15(13(18)7-10)22-17(24)9-20-16-8-12(21-11(2)23)4-5-14(16)19/h3-8,20H,9H2,1-2H3,(H,21,23)(H,22,24). The number of carbonyl (C=O) groups excluding carboxylic acids is 2. The van der Waals surface area contributed by atoms with Gasteiger partial charge in [0.05, 0.1) is 17.9 Å². The Balaban J connectivity index is 1.99. The van der Waals surface area contributed by atoms with Gasteiger partial charge in [-0.1, -0.05) is 6.07 Å². The largest absolute Gasteiger partial charge is 0.374 e. The normalized spacial score (nSPS) is 10.2. The van der Waals surface area contributed by atoms with Crippen LogP contribution >= 0.6 is 15.9 Å². The van der Waals surface area contributed by atoms with Crippen LogP contribution in [0.4, 0.5) is 21.5 Å². The highest BCUT2D eigenvalue weighted by Crippen LogP contribution is 2.23. The van der Waals surface area contributed by atoms with E-state index < -0.39 is 5.82 Å². The fourth-order valence-corrected chi connectivity index (χ4v) is 2.63. The van der Waals surface area contributed by atoms with Crippen LogP contribution in [-0.4, -0.2) is 18.4 Å². The van der Waals surface area contributed by atoms with Crippen molar-refractivity contribution >= 4 is 44.8 Å². The molecule has 0 spiro atoms. The molecule has 2 amide bonds. The van der Waals surface area contributed by atoms with Gasteiger partial charge in [0.25, 0.3) is 0 Å². The molecule has 0 aromatic heterocycles. The van der Waals surface area contributed by atoms with E-state index in [1.807, 2.05) is 19.1 Å². The lowest BCUT2D eigenvalue weighted by Crippen LogP contribution is -2.22. The third-order valence-electron chi connectivity index (χ3n) is 3.12. The molecular weight excluding hydrogens is 377 g/mol. The molecule has 0 unspecified atom stereocenters. The van der Waals surface area contributed by atoms with Crippen LogP contribution in [0.25, 0.3) is 0 Å². The van der Waals surface area contributed by atoms with Crippen LogP contribution < -0.4 is 16.0 Å². The Hall–Kier alpha value is -2.41. The first-order valence-electron chi connectivity index (χ1n) is 7.22. The zero-order valence-electron chi connectivity index (χ0n) is 13.2. The van der Waals surface area contributed by atoms with Crippen LogP contribution in [0.2, 0.25) is 0 Å². The number of nitrogens with one attached hydrogen (secondary N) is 3. The summed E-state index contributed by atoms with van der Waals surface area (Å²) in [4.78, 5) is 23.1. The van der Waals surface area contributed by atoms with Crippen LogP contribution in [0.15, 0.2) is 40.9 Å². The zero-order valence-corrected chi connectivity index (χ0v) is 14.8. The number of carbonyl (C=O) groups is 2. The zero-order chi connectivity index (χ0) is 17.7. The summed E-state index contributed by atoms with van der Waals surface area (Å²) in [7, 11) is 0. The van der Waals surface area contributed by atoms with Gasteiger partial charge < -0.3 is 16.0 Å². The second-order valence-electron chi connectivity index (χ2n) is 5.26. The summed E-state index contributed by atoms with van der Waals surface area (Å²) in [6.07, 6.45) is 0. The summed E-state index contributed by atoms with van der Waals surface area (Å²) in [5.74, 6) is -1.08. The van der Waals surface area contributed by atoms with Gasteiger partial charge >= 0.3 is 0 Å². The van der Waals surface area contributed by atoms with E-state index in [0.29, 0.717) is 11.4 Å². The molecule has 7 heteroatoms. The van der Waals surface area contributed by atoms with Gasteiger partial charge in [-0.05, 0) is 58.7 Å². The molecule has 0 bridgehead atoms. The molecule has 2 aromatic carbocycles. The van der Waals surface area contributed by atoms with Gasteiger partial charge in [-0.15, -0.1) is 0 Å². The van der Waals surface area contributed by atoms with Crippen molar-refractivity contribution in [2.24, 2.45) is 0 Å². The average molecular weight is 394 g/mol. The maximum Gasteiger partial charge on any atom is 0.243 e. The summed E-state index contributed by atoms with van der Waals surface area (Å²) >= 11 is 3.38. The molecule has 0 radical (unpaired) electrons. The van der Waals surface area contributed by atoms with Crippen LogP contribution in [-0.2, 0) is 9.59 Å². The van der Waals surface area contributed by atoms with E-state index in [0.717, 1.165) is 10.0 Å². The van der Waals surface area contributed by atoms with E-state index in [1.54, 1.807) is 6.07 Å². The third kappa shape index (κ3) is 5.06. The van der Waals surface area contributed by atoms with E-state index in [4.69, 9.17) is 0 Å².